The van der Waals surface area contributed by atoms with Crippen LogP contribution in [0, 0.1) is 5.82 Å². The fraction of sp³-hybridized carbons (Fsp3) is 0.286. The molecule has 0 unspecified atom stereocenters. The molecule has 8 nitrogen and oxygen atoms in total. The van der Waals surface area contributed by atoms with Crippen molar-refractivity contribution in [2.75, 3.05) is 18.4 Å². The van der Waals surface area contributed by atoms with Crippen molar-refractivity contribution >= 4 is 57.4 Å². The van der Waals surface area contributed by atoms with Crippen molar-refractivity contribution < 1.29 is 23.6 Å². The Morgan fingerprint density at radius 3 is 2.61 bits per heavy atom. The van der Waals surface area contributed by atoms with Gasteiger partial charge in [-0.25, -0.2) is 4.39 Å². The molecule has 0 saturated carbocycles. The summed E-state index contributed by atoms with van der Waals surface area (Å²) >= 11 is 0.766. The SMILES string of the molecule is C[C@@H]1CCCCN1C(=O)Cn1cc(/C=C2\SC(=O)N(CC(=O)Nc3ccc(F)cc3)C2=O)c2ccccc21. The van der Waals surface area contributed by atoms with Crippen LogP contribution in [0.4, 0.5) is 14.9 Å². The van der Waals surface area contributed by atoms with E-state index < -0.39 is 29.4 Å². The number of aromatic nitrogens is 1. The molecule has 2 aromatic carbocycles. The Morgan fingerprint density at radius 1 is 1.08 bits per heavy atom. The summed E-state index contributed by atoms with van der Waals surface area (Å²) in [5, 5.41) is 2.86. The molecule has 3 heterocycles. The predicted octanol–water partition coefficient (Wildman–Crippen LogP) is 4.86. The Balaban J connectivity index is 1.34. The number of benzene rings is 2. The highest BCUT2D eigenvalue weighted by atomic mass is 32.2. The smallest absolute Gasteiger partial charge is 0.294 e. The van der Waals surface area contributed by atoms with Crippen LogP contribution in [0.5, 0.6) is 0 Å². The van der Waals surface area contributed by atoms with Gasteiger partial charge in [-0.05, 0) is 74.4 Å². The molecule has 1 N–H and O–H groups in total. The average molecular weight is 535 g/mol. The average Bonchev–Trinajstić information content (AvgIpc) is 3.37. The van der Waals surface area contributed by atoms with Crippen LogP contribution in [-0.2, 0) is 20.9 Å². The first kappa shape index (κ1) is 25.7. The van der Waals surface area contributed by atoms with Crippen LogP contribution in [0.1, 0.15) is 31.7 Å². The van der Waals surface area contributed by atoms with Gasteiger partial charge in [0.15, 0.2) is 0 Å². The number of fused-ring (bicyclic) bond motifs is 1. The molecule has 38 heavy (non-hydrogen) atoms. The highest BCUT2D eigenvalue weighted by Crippen LogP contribution is 2.34. The molecular formula is C28H27FN4O4S. The van der Waals surface area contributed by atoms with Gasteiger partial charge in [0.2, 0.25) is 11.8 Å². The summed E-state index contributed by atoms with van der Waals surface area (Å²) in [6.45, 7) is 2.56. The zero-order chi connectivity index (χ0) is 26.8. The highest BCUT2D eigenvalue weighted by molar-refractivity contribution is 8.18. The number of imide groups is 1. The number of hydrogen-bond acceptors (Lipinski definition) is 5. The van der Waals surface area contributed by atoms with Crippen molar-refractivity contribution in [3.8, 4) is 0 Å². The second-order valence-corrected chi connectivity index (χ2v) is 10.5. The van der Waals surface area contributed by atoms with E-state index in [1.54, 1.807) is 6.08 Å². The molecule has 5 rings (SSSR count). The van der Waals surface area contributed by atoms with Gasteiger partial charge in [0, 0.05) is 40.9 Å². The molecule has 2 fully saturated rings. The zero-order valence-corrected chi connectivity index (χ0v) is 21.7. The summed E-state index contributed by atoms with van der Waals surface area (Å²) in [6.07, 6.45) is 6.60. The van der Waals surface area contributed by atoms with Crippen LogP contribution >= 0.6 is 11.8 Å². The van der Waals surface area contributed by atoms with Crippen molar-refractivity contribution in [3.05, 3.63) is 71.0 Å². The molecule has 196 valence electrons. The minimum absolute atomic E-state index is 0.0528. The van der Waals surface area contributed by atoms with Crippen molar-refractivity contribution in [2.24, 2.45) is 0 Å². The second-order valence-electron chi connectivity index (χ2n) is 9.48. The van der Waals surface area contributed by atoms with E-state index in [9.17, 15) is 23.6 Å². The predicted molar refractivity (Wildman–Crippen MR) is 145 cm³/mol. The Bertz CT molecular complexity index is 1450. The van der Waals surface area contributed by atoms with Gasteiger partial charge in [0.05, 0.1) is 4.91 Å². The van der Waals surface area contributed by atoms with E-state index in [4.69, 9.17) is 0 Å². The number of likely N-dealkylation sites (tertiary alicyclic amines) is 1. The van der Waals surface area contributed by atoms with Crippen molar-refractivity contribution in [2.45, 2.75) is 38.8 Å². The van der Waals surface area contributed by atoms with E-state index in [-0.39, 0.29) is 23.4 Å². The first-order valence-electron chi connectivity index (χ1n) is 12.5. The zero-order valence-electron chi connectivity index (χ0n) is 20.9. The molecule has 1 aromatic heterocycles. The lowest BCUT2D eigenvalue weighted by Gasteiger charge is -2.33. The number of piperidine rings is 1. The van der Waals surface area contributed by atoms with Gasteiger partial charge < -0.3 is 14.8 Å². The monoisotopic (exact) mass is 534 g/mol. The molecule has 2 aliphatic rings. The van der Waals surface area contributed by atoms with Crippen LogP contribution in [0.2, 0.25) is 0 Å². The largest absolute Gasteiger partial charge is 0.338 e. The van der Waals surface area contributed by atoms with Gasteiger partial charge in [-0.2, -0.15) is 0 Å². The molecule has 0 bridgehead atoms. The fourth-order valence-corrected chi connectivity index (χ4v) is 5.71. The number of halogens is 1. The Labute approximate surface area is 223 Å². The molecular weight excluding hydrogens is 507 g/mol. The van der Waals surface area contributed by atoms with E-state index in [0.29, 0.717) is 11.3 Å². The lowest BCUT2D eigenvalue weighted by Crippen LogP contribution is -2.43. The van der Waals surface area contributed by atoms with Crippen LogP contribution in [0.25, 0.3) is 17.0 Å². The molecule has 1 atom stereocenters. The quantitative estimate of drug-likeness (QED) is 0.456. The molecule has 4 amide bonds. The minimum atomic E-state index is -0.567. The fourth-order valence-electron chi connectivity index (χ4n) is 4.88. The van der Waals surface area contributed by atoms with E-state index >= 15 is 0 Å². The topological polar surface area (TPSA) is 91.7 Å². The number of para-hydroxylation sites is 1. The molecule has 0 radical (unpaired) electrons. The summed E-state index contributed by atoms with van der Waals surface area (Å²) in [7, 11) is 0. The summed E-state index contributed by atoms with van der Waals surface area (Å²) in [5.41, 5.74) is 1.93. The molecule has 2 saturated heterocycles. The maximum absolute atomic E-state index is 13.1. The number of hydrogen-bond donors (Lipinski definition) is 1. The summed E-state index contributed by atoms with van der Waals surface area (Å²) in [4.78, 5) is 54.1. The van der Waals surface area contributed by atoms with Crippen molar-refractivity contribution in [3.63, 3.8) is 0 Å². The summed E-state index contributed by atoms with van der Waals surface area (Å²) < 4.78 is 15.0. The molecule has 0 spiro atoms. The lowest BCUT2D eigenvalue weighted by atomic mass is 10.0. The number of rotatable bonds is 6. The first-order chi connectivity index (χ1) is 18.3. The second kappa shape index (κ2) is 10.8. The summed E-state index contributed by atoms with van der Waals surface area (Å²) in [6, 6.07) is 13.0. The maximum atomic E-state index is 13.1. The Kier molecular flexibility index (Phi) is 7.33. The number of thioether (sulfide) groups is 1. The van der Waals surface area contributed by atoms with E-state index in [1.165, 1.54) is 24.3 Å². The number of nitrogens with one attached hydrogen (secondary N) is 1. The van der Waals surface area contributed by atoms with Gasteiger partial charge in [-0.15, -0.1) is 0 Å². The van der Waals surface area contributed by atoms with Gasteiger partial charge in [-0.1, -0.05) is 18.2 Å². The van der Waals surface area contributed by atoms with Crippen LogP contribution in [-0.4, -0.2) is 56.5 Å². The number of anilines is 1. The van der Waals surface area contributed by atoms with Gasteiger partial charge >= 0.3 is 0 Å². The third-order valence-electron chi connectivity index (χ3n) is 6.84. The van der Waals surface area contributed by atoms with E-state index in [1.807, 2.05) is 39.9 Å². The Morgan fingerprint density at radius 2 is 1.84 bits per heavy atom. The standard InChI is InChI=1S/C28H27FN4O4S/c1-18-6-4-5-13-32(18)26(35)17-31-15-19(22-7-2-3-8-23(22)31)14-24-27(36)33(28(37)38-24)16-25(34)30-21-11-9-20(29)10-12-21/h2-3,7-12,14-15,18H,4-6,13,16-17H2,1H3,(H,30,34)/b24-14-/t18-/m1/s1. The highest BCUT2D eigenvalue weighted by Gasteiger charge is 2.36. The lowest BCUT2D eigenvalue weighted by molar-refractivity contribution is -0.135. The van der Waals surface area contributed by atoms with E-state index in [2.05, 4.69) is 12.2 Å². The third kappa shape index (κ3) is 5.35. The Hall–Kier alpha value is -3.92. The van der Waals surface area contributed by atoms with Gasteiger partial charge in [-0.3, -0.25) is 24.1 Å². The summed E-state index contributed by atoms with van der Waals surface area (Å²) in [5.74, 6) is -1.52. The molecule has 2 aliphatic heterocycles. The van der Waals surface area contributed by atoms with Crippen LogP contribution in [0.3, 0.4) is 0 Å². The van der Waals surface area contributed by atoms with Gasteiger partial charge in [0.25, 0.3) is 11.1 Å². The molecule has 0 aliphatic carbocycles. The number of carbonyl (C=O) groups excluding carboxylic acids is 4. The number of nitrogens with zero attached hydrogens (tertiary/aromatic N) is 3. The maximum Gasteiger partial charge on any atom is 0.294 e. The van der Waals surface area contributed by atoms with Crippen molar-refractivity contribution in [1.82, 2.24) is 14.4 Å². The van der Waals surface area contributed by atoms with Gasteiger partial charge in [0.1, 0.15) is 18.9 Å². The first-order valence-corrected chi connectivity index (χ1v) is 13.3. The molecule has 3 aromatic rings. The number of amides is 4. The molecule has 10 heteroatoms. The third-order valence-corrected chi connectivity index (χ3v) is 7.75. The minimum Gasteiger partial charge on any atom is -0.338 e. The van der Waals surface area contributed by atoms with E-state index in [0.717, 1.165) is 53.4 Å². The van der Waals surface area contributed by atoms with Crippen LogP contribution < -0.4 is 5.32 Å². The van der Waals surface area contributed by atoms with Crippen molar-refractivity contribution in [1.29, 1.82) is 0 Å². The normalized spacial score (nSPS) is 19.0. The van der Waals surface area contributed by atoms with Crippen LogP contribution in [0.15, 0.2) is 59.6 Å². The number of carbonyl (C=O) groups is 4.